The lowest BCUT2D eigenvalue weighted by Crippen LogP contribution is -2.28. The summed E-state index contributed by atoms with van der Waals surface area (Å²) in [5.74, 6) is -2.70. The Kier molecular flexibility index (Phi) is 6.04. The number of carbonyl (C=O) groups is 3. The summed E-state index contributed by atoms with van der Waals surface area (Å²) in [6.07, 6.45) is -4.73. The van der Waals surface area contributed by atoms with E-state index in [1.54, 1.807) is 6.07 Å². The molecule has 0 aromatic heterocycles. The predicted octanol–water partition coefficient (Wildman–Crippen LogP) is 4.39. The number of carbonyl (C=O) groups excluding carboxylic acids is 3. The van der Waals surface area contributed by atoms with E-state index >= 15 is 0 Å². The first-order chi connectivity index (χ1) is 15.7. The molecule has 1 fully saturated rings. The Bertz CT molecular complexity index is 1220. The molecular formula is C24H19F3N2O4. The molecule has 2 amide bonds. The Morgan fingerprint density at radius 3 is 2.48 bits per heavy atom. The van der Waals surface area contributed by atoms with Crippen LogP contribution in [-0.2, 0) is 25.3 Å². The van der Waals surface area contributed by atoms with Crippen LogP contribution in [0.5, 0.6) is 0 Å². The van der Waals surface area contributed by atoms with E-state index < -0.39 is 41.8 Å². The molecule has 4 rings (SSSR count). The van der Waals surface area contributed by atoms with E-state index in [0.717, 1.165) is 22.9 Å². The van der Waals surface area contributed by atoms with Crippen molar-refractivity contribution in [3.8, 4) is 0 Å². The van der Waals surface area contributed by atoms with E-state index in [0.29, 0.717) is 5.69 Å². The van der Waals surface area contributed by atoms with Crippen LogP contribution in [0.3, 0.4) is 0 Å². The second kappa shape index (κ2) is 8.93. The number of benzene rings is 3. The molecule has 1 heterocycles. The third kappa shape index (κ3) is 4.82. The molecule has 0 radical (unpaired) electrons. The largest absolute Gasteiger partial charge is 0.455 e. The molecule has 0 unspecified atom stereocenters. The topological polar surface area (TPSA) is 75.7 Å². The average Bonchev–Trinajstić information content (AvgIpc) is 3.18. The van der Waals surface area contributed by atoms with E-state index in [1.807, 2.05) is 36.4 Å². The van der Waals surface area contributed by atoms with E-state index in [4.69, 9.17) is 4.74 Å². The van der Waals surface area contributed by atoms with Crippen LogP contribution in [0.15, 0.2) is 66.7 Å². The standard InChI is InChI=1S/C24H19F3N2O4/c25-24(26,27)18-9-3-4-10-19(18)28-21(30)14-33-23(32)16-12-22(31)29(13-16)20-11-5-7-15-6-1-2-8-17(15)20/h1-11,16H,12-14H2,(H,28,30)/t16-/m1/s1. The fraction of sp³-hybridized carbons (Fsp3) is 0.208. The van der Waals surface area contributed by atoms with Gasteiger partial charge in [0.15, 0.2) is 6.61 Å². The highest BCUT2D eigenvalue weighted by molar-refractivity contribution is 6.06. The normalized spacial score (nSPS) is 16.2. The maximum Gasteiger partial charge on any atom is 0.418 e. The molecule has 1 aliphatic heterocycles. The Balaban J connectivity index is 1.38. The molecule has 1 N–H and O–H groups in total. The number of ether oxygens (including phenoxy) is 1. The summed E-state index contributed by atoms with van der Waals surface area (Å²) >= 11 is 0. The minimum atomic E-state index is -4.64. The zero-order valence-electron chi connectivity index (χ0n) is 17.3. The van der Waals surface area contributed by atoms with Gasteiger partial charge in [-0.25, -0.2) is 0 Å². The van der Waals surface area contributed by atoms with Gasteiger partial charge in [0.25, 0.3) is 5.91 Å². The Morgan fingerprint density at radius 2 is 1.70 bits per heavy atom. The van der Waals surface area contributed by atoms with Crippen molar-refractivity contribution >= 4 is 39.9 Å². The zero-order chi connectivity index (χ0) is 23.6. The van der Waals surface area contributed by atoms with Crippen LogP contribution in [0.1, 0.15) is 12.0 Å². The summed E-state index contributed by atoms with van der Waals surface area (Å²) in [4.78, 5) is 38.6. The molecule has 1 atom stereocenters. The summed E-state index contributed by atoms with van der Waals surface area (Å²) < 4.78 is 44.2. The Labute approximate surface area is 186 Å². The Morgan fingerprint density at radius 1 is 1.00 bits per heavy atom. The zero-order valence-corrected chi connectivity index (χ0v) is 17.3. The van der Waals surface area contributed by atoms with Crippen LogP contribution in [-0.4, -0.2) is 30.9 Å². The molecule has 0 aliphatic carbocycles. The number of hydrogen-bond acceptors (Lipinski definition) is 4. The average molecular weight is 456 g/mol. The highest BCUT2D eigenvalue weighted by Gasteiger charge is 2.37. The minimum Gasteiger partial charge on any atom is -0.455 e. The summed E-state index contributed by atoms with van der Waals surface area (Å²) in [5, 5.41) is 3.93. The number of halogens is 3. The number of rotatable bonds is 5. The molecule has 9 heteroatoms. The van der Waals surface area contributed by atoms with E-state index in [1.165, 1.54) is 17.0 Å². The van der Waals surface area contributed by atoms with Crippen LogP contribution in [0, 0.1) is 5.92 Å². The molecule has 170 valence electrons. The van der Waals surface area contributed by atoms with E-state index in [-0.39, 0.29) is 18.9 Å². The van der Waals surface area contributed by atoms with Crippen LogP contribution < -0.4 is 10.2 Å². The number of para-hydroxylation sites is 1. The fourth-order valence-electron chi connectivity index (χ4n) is 3.82. The number of alkyl halides is 3. The van der Waals surface area contributed by atoms with Gasteiger partial charge in [0.05, 0.1) is 22.9 Å². The molecule has 0 bridgehead atoms. The number of esters is 1. The van der Waals surface area contributed by atoms with Crippen molar-refractivity contribution in [1.29, 1.82) is 0 Å². The molecule has 33 heavy (non-hydrogen) atoms. The van der Waals surface area contributed by atoms with Gasteiger partial charge in [-0.3, -0.25) is 14.4 Å². The van der Waals surface area contributed by atoms with Gasteiger partial charge < -0.3 is 15.0 Å². The second-order valence-corrected chi connectivity index (χ2v) is 7.60. The van der Waals surface area contributed by atoms with Gasteiger partial charge in [-0.05, 0) is 23.6 Å². The summed E-state index contributed by atoms with van der Waals surface area (Å²) in [7, 11) is 0. The van der Waals surface area contributed by atoms with Crippen molar-refractivity contribution in [1.82, 2.24) is 0 Å². The maximum absolute atomic E-state index is 13.1. The molecule has 0 spiro atoms. The van der Waals surface area contributed by atoms with Crippen molar-refractivity contribution in [3.63, 3.8) is 0 Å². The first-order valence-corrected chi connectivity index (χ1v) is 10.1. The molecule has 3 aromatic carbocycles. The van der Waals surface area contributed by atoms with E-state index in [2.05, 4.69) is 5.32 Å². The van der Waals surface area contributed by atoms with Gasteiger partial charge in [-0.15, -0.1) is 0 Å². The molecule has 1 saturated heterocycles. The molecular weight excluding hydrogens is 437 g/mol. The van der Waals surface area contributed by atoms with Gasteiger partial charge in [-0.1, -0.05) is 48.5 Å². The van der Waals surface area contributed by atoms with Crippen molar-refractivity contribution < 1.29 is 32.3 Å². The van der Waals surface area contributed by atoms with Gasteiger partial charge in [-0.2, -0.15) is 13.2 Å². The number of fused-ring (bicyclic) bond motifs is 1. The number of nitrogens with zero attached hydrogens (tertiary/aromatic N) is 1. The smallest absolute Gasteiger partial charge is 0.418 e. The third-order valence-corrected chi connectivity index (χ3v) is 5.37. The number of hydrogen-bond donors (Lipinski definition) is 1. The number of nitrogens with one attached hydrogen (secondary N) is 1. The summed E-state index contributed by atoms with van der Waals surface area (Å²) in [5.41, 5.74) is -0.754. The lowest BCUT2D eigenvalue weighted by Gasteiger charge is -2.19. The SMILES string of the molecule is O=C(COC(=O)[C@@H]1CC(=O)N(c2cccc3ccccc23)C1)Nc1ccccc1C(F)(F)F. The van der Waals surface area contributed by atoms with E-state index in [9.17, 15) is 27.6 Å². The van der Waals surface area contributed by atoms with Crippen LogP contribution in [0.25, 0.3) is 10.8 Å². The summed E-state index contributed by atoms with van der Waals surface area (Å²) in [6, 6.07) is 17.6. The monoisotopic (exact) mass is 456 g/mol. The fourth-order valence-corrected chi connectivity index (χ4v) is 3.82. The molecule has 1 aliphatic rings. The highest BCUT2D eigenvalue weighted by Crippen LogP contribution is 2.35. The lowest BCUT2D eigenvalue weighted by atomic mass is 10.1. The summed E-state index contributed by atoms with van der Waals surface area (Å²) in [6.45, 7) is -0.672. The lowest BCUT2D eigenvalue weighted by molar-refractivity contribution is -0.151. The second-order valence-electron chi connectivity index (χ2n) is 7.60. The first kappa shape index (κ1) is 22.3. The van der Waals surface area contributed by atoms with Gasteiger partial charge in [0.2, 0.25) is 5.91 Å². The van der Waals surface area contributed by atoms with Crippen LogP contribution >= 0.6 is 0 Å². The van der Waals surface area contributed by atoms with Gasteiger partial charge in [0.1, 0.15) is 0 Å². The van der Waals surface area contributed by atoms with Crippen molar-refractivity contribution in [2.24, 2.45) is 5.92 Å². The first-order valence-electron chi connectivity index (χ1n) is 10.1. The van der Waals surface area contributed by atoms with Gasteiger partial charge in [0, 0.05) is 18.4 Å². The Hall–Kier alpha value is -3.88. The van der Waals surface area contributed by atoms with Crippen molar-refractivity contribution in [2.45, 2.75) is 12.6 Å². The predicted molar refractivity (Wildman–Crippen MR) is 115 cm³/mol. The van der Waals surface area contributed by atoms with Crippen molar-refractivity contribution in [3.05, 3.63) is 72.3 Å². The molecule has 3 aromatic rings. The molecule has 0 saturated carbocycles. The van der Waals surface area contributed by atoms with Crippen molar-refractivity contribution in [2.75, 3.05) is 23.4 Å². The highest BCUT2D eigenvalue weighted by atomic mass is 19.4. The minimum absolute atomic E-state index is 0.0828. The number of anilines is 2. The van der Waals surface area contributed by atoms with Gasteiger partial charge >= 0.3 is 12.1 Å². The number of amides is 2. The van der Waals surface area contributed by atoms with Crippen LogP contribution in [0.2, 0.25) is 0 Å². The maximum atomic E-state index is 13.1. The quantitative estimate of drug-likeness (QED) is 0.578. The van der Waals surface area contributed by atoms with Crippen LogP contribution in [0.4, 0.5) is 24.5 Å². The third-order valence-electron chi connectivity index (χ3n) is 5.37. The molecule has 6 nitrogen and oxygen atoms in total.